The average molecular weight is 793 g/mol. The van der Waals surface area contributed by atoms with Gasteiger partial charge in [-0.3, -0.25) is 4.98 Å². The largest absolute Gasteiger partial charge is 0.501 e. The molecule has 48 heavy (non-hydrogen) atoms. The van der Waals surface area contributed by atoms with Gasteiger partial charge in [0, 0.05) is 42.5 Å². The molecule has 0 spiro atoms. The molecule has 0 bridgehead atoms. The van der Waals surface area contributed by atoms with Crippen molar-refractivity contribution in [3.05, 3.63) is 158 Å². The zero-order valence-electron chi connectivity index (χ0n) is 25.4. The van der Waals surface area contributed by atoms with E-state index in [2.05, 4.69) is 98.7 Å². The topological polar surface area (TPSA) is 47.7 Å². The van der Waals surface area contributed by atoms with Gasteiger partial charge in [0.05, 0.1) is 44.5 Å². The van der Waals surface area contributed by atoms with E-state index in [0.29, 0.717) is 0 Å². The monoisotopic (exact) mass is 793 g/mol. The van der Waals surface area contributed by atoms with Crippen molar-refractivity contribution >= 4 is 65.8 Å². The molecule has 1 radical (unpaired) electrons. The Morgan fingerprint density at radius 3 is 2.15 bits per heavy atom. The first kappa shape index (κ1) is 28.4. The maximum absolute atomic E-state index is 6.38. The number of hydrogen-bond acceptors (Lipinski definition) is 3. The summed E-state index contributed by atoms with van der Waals surface area (Å²) < 4.78 is 11.1. The fraction of sp³-hybridized carbons (Fsp3) is 0. The Morgan fingerprint density at radius 2 is 1.29 bits per heavy atom. The molecule has 6 heteroatoms. The van der Waals surface area contributed by atoms with Gasteiger partial charge in [0.15, 0.2) is 0 Å². The number of hydrogen-bond donors (Lipinski definition) is 0. The van der Waals surface area contributed by atoms with Crippen molar-refractivity contribution in [2.45, 2.75) is 0 Å². The van der Waals surface area contributed by atoms with E-state index >= 15 is 0 Å². The number of rotatable bonds is 2. The summed E-state index contributed by atoms with van der Waals surface area (Å²) in [5.74, 6) is 0.848. The Balaban J connectivity index is 0.000000205. The fourth-order valence-corrected chi connectivity index (χ4v) is 7.05. The second-order valence-corrected chi connectivity index (χ2v) is 11.6. The van der Waals surface area contributed by atoms with Crippen molar-refractivity contribution < 1.29 is 24.5 Å². The molecule has 0 amide bonds. The van der Waals surface area contributed by atoms with Crippen LogP contribution in [0.15, 0.2) is 150 Å². The molecule has 0 N–H and O–H groups in total. The van der Waals surface area contributed by atoms with Gasteiger partial charge in [-0.2, -0.15) is 0 Å². The van der Waals surface area contributed by atoms with Crippen LogP contribution < -0.4 is 0 Å². The molecule has 5 heterocycles. The fourth-order valence-electron chi connectivity index (χ4n) is 7.05. The molecular weight excluding hydrogens is 769 g/mol. The van der Waals surface area contributed by atoms with E-state index in [1.54, 1.807) is 6.20 Å². The Kier molecular flexibility index (Phi) is 6.61. The van der Waals surface area contributed by atoms with Crippen LogP contribution in [0.4, 0.5) is 0 Å². The van der Waals surface area contributed by atoms with Crippen LogP contribution in [0, 0.1) is 12.1 Å². The van der Waals surface area contributed by atoms with Crippen LogP contribution in [0.3, 0.4) is 0 Å². The summed E-state index contributed by atoms with van der Waals surface area (Å²) in [5, 5.41) is 4.69. The Bertz CT molecular complexity index is 2870. The first-order valence-electron chi connectivity index (χ1n) is 15.6. The molecule has 0 atom stereocenters. The van der Waals surface area contributed by atoms with Gasteiger partial charge in [-0.1, -0.05) is 77.7 Å². The third-order valence-corrected chi connectivity index (χ3v) is 9.02. The summed E-state index contributed by atoms with van der Waals surface area (Å²) in [5.41, 5.74) is 11.3. The predicted molar refractivity (Wildman–Crippen MR) is 190 cm³/mol. The van der Waals surface area contributed by atoms with Crippen LogP contribution in [0.1, 0.15) is 0 Å². The number of imidazole rings is 1. The summed E-state index contributed by atoms with van der Waals surface area (Å²) in [6.45, 7) is 0. The van der Waals surface area contributed by atoms with Crippen LogP contribution >= 0.6 is 0 Å². The van der Waals surface area contributed by atoms with Crippen molar-refractivity contribution in [1.82, 2.24) is 18.8 Å². The van der Waals surface area contributed by atoms with E-state index in [-0.39, 0.29) is 20.1 Å². The van der Waals surface area contributed by atoms with Crippen LogP contribution in [-0.2, 0) is 20.1 Å². The number of nitrogens with zero attached hydrogens (tertiary/aromatic N) is 4. The van der Waals surface area contributed by atoms with E-state index in [1.807, 2.05) is 66.7 Å². The molecule has 0 fully saturated rings. The minimum Gasteiger partial charge on any atom is -0.501 e. The van der Waals surface area contributed by atoms with E-state index in [9.17, 15) is 0 Å². The van der Waals surface area contributed by atoms with Gasteiger partial charge in [0.2, 0.25) is 0 Å². The molecule has 0 unspecified atom stereocenters. The first-order valence-corrected chi connectivity index (χ1v) is 15.6. The second-order valence-electron chi connectivity index (χ2n) is 11.6. The molecule has 229 valence electrons. The van der Waals surface area contributed by atoms with Crippen molar-refractivity contribution in [2.24, 2.45) is 0 Å². The average Bonchev–Trinajstić information content (AvgIpc) is 3.83. The van der Waals surface area contributed by atoms with Gasteiger partial charge < -0.3 is 18.2 Å². The number of para-hydroxylation sites is 4. The molecule has 11 aromatic rings. The van der Waals surface area contributed by atoms with Crippen LogP contribution in [-0.4, -0.2) is 18.8 Å². The van der Waals surface area contributed by atoms with Crippen LogP contribution in [0.2, 0.25) is 0 Å². The van der Waals surface area contributed by atoms with Gasteiger partial charge in [-0.25, -0.2) is 0 Å². The van der Waals surface area contributed by atoms with E-state index < -0.39 is 0 Å². The number of fused-ring (bicyclic) bond motifs is 8. The minimum absolute atomic E-state index is 0. The summed E-state index contributed by atoms with van der Waals surface area (Å²) in [7, 11) is 0. The third kappa shape index (κ3) is 4.13. The Morgan fingerprint density at radius 1 is 0.542 bits per heavy atom. The minimum atomic E-state index is 0. The van der Waals surface area contributed by atoms with Gasteiger partial charge in [-0.15, -0.1) is 54.1 Å². The molecule has 0 aliphatic heterocycles. The molecule has 5 nitrogen and oxygen atoms in total. The third-order valence-electron chi connectivity index (χ3n) is 9.02. The Hall–Kier alpha value is -5.81. The van der Waals surface area contributed by atoms with Crippen molar-refractivity contribution in [2.75, 3.05) is 0 Å². The van der Waals surface area contributed by atoms with Gasteiger partial charge in [-0.05, 0) is 42.1 Å². The summed E-state index contributed by atoms with van der Waals surface area (Å²) in [6, 6.07) is 54.1. The maximum atomic E-state index is 6.38. The smallest absolute Gasteiger partial charge is 0.120 e. The standard InChI is InChI=1S/C31H16N3O.C11H8N.Ir/c1-3-14-24-18(8-1)20-10-6-15-25-28(20)33(24)26-16-7-13-23-29(26)34(25)31(32-23)22-12-5-11-21-19-9-2-4-17-27(19)35-30(21)22;1-2-6-10(7-3-1)11-8-4-5-9-12-11;/h1-11,13-17H;1-6,8-9H;/q2*-1;. The quantitative estimate of drug-likeness (QED) is 0.129. The molecule has 6 aromatic carbocycles. The van der Waals surface area contributed by atoms with Crippen LogP contribution in [0.5, 0.6) is 0 Å². The first-order chi connectivity index (χ1) is 23.3. The van der Waals surface area contributed by atoms with Gasteiger partial charge in [0.25, 0.3) is 0 Å². The molecule has 11 rings (SSSR count). The van der Waals surface area contributed by atoms with Crippen LogP contribution in [0.25, 0.3) is 88.5 Å². The number of furan rings is 1. The predicted octanol–water partition coefficient (Wildman–Crippen LogP) is 10.4. The molecule has 0 aliphatic carbocycles. The summed E-state index contributed by atoms with van der Waals surface area (Å²) >= 11 is 0. The number of aromatic nitrogens is 4. The van der Waals surface area contributed by atoms with Crippen molar-refractivity contribution in [3.63, 3.8) is 0 Å². The SMILES string of the molecule is [Ir].[c-]1ccc2c(oc3ccccc32)c1-c1nc2cccc3c2n1c1cccc2c4ccccc4n3c21.[c-]1ccccc1-c1ccccn1. The molecule has 0 saturated heterocycles. The van der Waals surface area contributed by atoms with E-state index in [1.165, 1.54) is 21.8 Å². The van der Waals surface area contributed by atoms with E-state index in [4.69, 9.17) is 9.40 Å². The molecule has 0 saturated carbocycles. The normalized spacial score (nSPS) is 11.6. The number of benzene rings is 6. The molecule has 0 aliphatic rings. The second kappa shape index (κ2) is 11.2. The molecular formula is C42H24IrN4O-2. The van der Waals surface area contributed by atoms with E-state index in [0.717, 1.165) is 66.7 Å². The number of pyridine rings is 1. The maximum Gasteiger partial charge on any atom is 0.120 e. The van der Waals surface area contributed by atoms with Gasteiger partial charge >= 0.3 is 0 Å². The van der Waals surface area contributed by atoms with Crippen molar-refractivity contribution in [1.29, 1.82) is 0 Å². The van der Waals surface area contributed by atoms with Gasteiger partial charge in [0.1, 0.15) is 5.58 Å². The summed E-state index contributed by atoms with van der Waals surface area (Å²) in [4.78, 5) is 9.38. The summed E-state index contributed by atoms with van der Waals surface area (Å²) in [6.07, 6.45) is 1.79. The van der Waals surface area contributed by atoms with Crippen molar-refractivity contribution in [3.8, 4) is 22.6 Å². The zero-order valence-corrected chi connectivity index (χ0v) is 27.8. The zero-order chi connectivity index (χ0) is 30.9. The Labute approximate surface area is 288 Å². The molecule has 5 aromatic heterocycles.